The van der Waals surface area contributed by atoms with E-state index < -0.39 is 0 Å². The van der Waals surface area contributed by atoms with Gasteiger partial charge in [-0.05, 0) is 97.8 Å². The summed E-state index contributed by atoms with van der Waals surface area (Å²) in [6.07, 6.45) is 5.80. The molecule has 0 bridgehead atoms. The number of likely N-dealkylation sites (N-methyl/N-ethyl adjacent to an activating group) is 1. The maximum Gasteiger partial charge on any atom is 0.123 e. The Labute approximate surface area is 201 Å². The van der Waals surface area contributed by atoms with Crippen LogP contribution in [0.4, 0.5) is 4.39 Å². The third-order valence-electron chi connectivity index (χ3n) is 7.18. The van der Waals surface area contributed by atoms with Gasteiger partial charge >= 0.3 is 0 Å². The number of halogens is 1. The molecule has 4 heteroatoms. The van der Waals surface area contributed by atoms with Crippen molar-refractivity contribution in [3.8, 4) is 11.1 Å². The fraction of sp³-hybridized carbons (Fsp3) is 0.300. The maximum atomic E-state index is 13.3. The van der Waals surface area contributed by atoms with Crippen LogP contribution in [-0.2, 0) is 17.8 Å². The lowest BCUT2D eigenvalue weighted by Crippen LogP contribution is -2.34. The van der Waals surface area contributed by atoms with Crippen molar-refractivity contribution >= 4 is 10.8 Å². The highest BCUT2D eigenvalue weighted by Crippen LogP contribution is 2.40. The number of aromatic nitrogens is 1. The molecule has 2 unspecified atom stereocenters. The van der Waals surface area contributed by atoms with E-state index in [1.807, 2.05) is 24.5 Å². The molecule has 3 nitrogen and oxygen atoms in total. The Kier molecular flexibility index (Phi) is 6.20. The van der Waals surface area contributed by atoms with E-state index in [0.29, 0.717) is 6.61 Å². The Balaban J connectivity index is 1.44. The van der Waals surface area contributed by atoms with Crippen molar-refractivity contribution in [2.24, 2.45) is 0 Å². The second kappa shape index (κ2) is 9.28. The molecule has 0 aliphatic carbocycles. The van der Waals surface area contributed by atoms with Crippen LogP contribution in [0, 0.1) is 19.7 Å². The van der Waals surface area contributed by atoms with E-state index >= 15 is 0 Å². The van der Waals surface area contributed by atoms with Crippen molar-refractivity contribution in [2.75, 3.05) is 14.1 Å². The molecular formula is C30H31FN2O. The quantitative estimate of drug-likeness (QED) is 0.321. The average Bonchev–Trinajstić information content (AvgIpc) is 3.25. The van der Waals surface area contributed by atoms with Crippen LogP contribution in [-0.4, -0.2) is 30.0 Å². The molecule has 0 spiro atoms. The fourth-order valence-corrected chi connectivity index (χ4v) is 5.24. The van der Waals surface area contributed by atoms with Gasteiger partial charge in [-0.3, -0.25) is 4.98 Å². The Hall–Kier alpha value is -3.08. The summed E-state index contributed by atoms with van der Waals surface area (Å²) in [5, 5.41) is 2.48. The van der Waals surface area contributed by atoms with Crippen LogP contribution in [0.5, 0.6) is 0 Å². The molecule has 0 radical (unpaired) electrons. The topological polar surface area (TPSA) is 25.4 Å². The van der Waals surface area contributed by atoms with Gasteiger partial charge in [0.2, 0.25) is 0 Å². The molecule has 0 saturated carbocycles. The molecule has 2 heterocycles. The van der Waals surface area contributed by atoms with Crippen LogP contribution in [0.15, 0.2) is 67.0 Å². The van der Waals surface area contributed by atoms with Gasteiger partial charge in [-0.1, -0.05) is 36.4 Å². The predicted octanol–water partition coefficient (Wildman–Crippen LogP) is 6.79. The predicted molar refractivity (Wildman–Crippen MR) is 136 cm³/mol. The maximum absolute atomic E-state index is 13.3. The zero-order valence-electron chi connectivity index (χ0n) is 20.3. The summed E-state index contributed by atoms with van der Waals surface area (Å²) in [5.74, 6) is -0.191. The molecule has 4 aromatic rings. The SMILES string of the molecule is Cc1ccc(C)c2c(-c3ccc4c(c3)COC4C(CCc3ccc(F)cc3)N(C)C)cncc12. The van der Waals surface area contributed by atoms with Gasteiger partial charge in [0.25, 0.3) is 0 Å². The molecule has 1 aliphatic heterocycles. The van der Waals surface area contributed by atoms with Crippen LogP contribution in [0.25, 0.3) is 21.9 Å². The number of ether oxygens (including phenoxy) is 1. The van der Waals surface area contributed by atoms with Crippen molar-refractivity contribution < 1.29 is 9.13 Å². The third-order valence-corrected chi connectivity index (χ3v) is 7.18. The van der Waals surface area contributed by atoms with Gasteiger partial charge in [-0.2, -0.15) is 0 Å². The number of hydrogen-bond donors (Lipinski definition) is 0. The molecule has 0 fully saturated rings. The van der Waals surface area contributed by atoms with Gasteiger partial charge in [0.15, 0.2) is 0 Å². The molecule has 2 atom stereocenters. The van der Waals surface area contributed by atoms with Crippen molar-refractivity contribution in [3.05, 3.63) is 101 Å². The second-order valence-electron chi connectivity index (χ2n) is 9.65. The standard InChI is InChI=1S/C30H31FN2O/c1-19-5-6-20(2)29-26(19)16-32-17-27(29)22-10-13-25-23(15-22)18-34-30(25)28(33(3)4)14-9-21-7-11-24(31)12-8-21/h5-8,10-13,15-17,28,30H,9,14,18H2,1-4H3. The summed E-state index contributed by atoms with van der Waals surface area (Å²) in [6.45, 7) is 4.92. The first-order valence-corrected chi connectivity index (χ1v) is 11.9. The second-order valence-corrected chi connectivity index (χ2v) is 9.65. The van der Waals surface area contributed by atoms with Crippen molar-refractivity contribution in [2.45, 2.75) is 45.4 Å². The molecule has 5 rings (SSSR count). The summed E-state index contributed by atoms with van der Waals surface area (Å²) in [7, 11) is 4.22. The Morgan fingerprint density at radius 1 is 1.00 bits per heavy atom. The zero-order valence-corrected chi connectivity index (χ0v) is 20.3. The van der Waals surface area contributed by atoms with Gasteiger partial charge in [0.05, 0.1) is 12.7 Å². The molecule has 1 aromatic heterocycles. The van der Waals surface area contributed by atoms with Gasteiger partial charge in [0, 0.05) is 29.4 Å². The number of aryl methyl sites for hydroxylation is 3. The van der Waals surface area contributed by atoms with Gasteiger partial charge in [-0.25, -0.2) is 4.39 Å². The zero-order chi connectivity index (χ0) is 23.8. The van der Waals surface area contributed by atoms with Crippen LogP contribution >= 0.6 is 0 Å². The lowest BCUT2D eigenvalue weighted by atomic mass is 9.90. The lowest BCUT2D eigenvalue weighted by Gasteiger charge is -2.30. The highest BCUT2D eigenvalue weighted by molar-refractivity contribution is 5.99. The smallest absolute Gasteiger partial charge is 0.123 e. The van der Waals surface area contributed by atoms with E-state index in [4.69, 9.17) is 4.74 Å². The van der Waals surface area contributed by atoms with E-state index in [9.17, 15) is 4.39 Å². The summed E-state index contributed by atoms with van der Waals surface area (Å²) in [6, 6.07) is 18.1. The number of nitrogens with zero attached hydrogens (tertiary/aromatic N) is 2. The highest BCUT2D eigenvalue weighted by Gasteiger charge is 2.32. The van der Waals surface area contributed by atoms with Gasteiger partial charge < -0.3 is 9.64 Å². The molecule has 3 aromatic carbocycles. The minimum Gasteiger partial charge on any atom is -0.367 e. The van der Waals surface area contributed by atoms with E-state index in [1.54, 1.807) is 0 Å². The van der Waals surface area contributed by atoms with Crippen molar-refractivity contribution in [1.29, 1.82) is 0 Å². The van der Waals surface area contributed by atoms with Crippen LogP contribution in [0.3, 0.4) is 0 Å². The largest absolute Gasteiger partial charge is 0.367 e. The van der Waals surface area contributed by atoms with E-state index in [-0.39, 0.29) is 18.0 Å². The molecule has 0 N–H and O–H groups in total. The number of fused-ring (bicyclic) bond motifs is 2. The van der Waals surface area contributed by atoms with E-state index in [2.05, 4.69) is 68.2 Å². The molecule has 174 valence electrons. The summed E-state index contributed by atoms with van der Waals surface area (Å²) in [5.41, 5.74) is 8.53. The first-order chi connectivity index (χ1) is 16.4. The van der Waals surface area contributed by atoms with Gasteiger partial charge in [-0.15, -0.1) is 0 Å². The number of rotatable bonds is 6. The summed E-state index contributed by atoms with van der Waals surface area (Å²) >= 11 is 0. The monoisotopic (exact) mass is 454 g/mol. The van der Waals surface area contributed by atoms with Crippen LogP contribution in [0.1, 0.15) is 40.3 Å². The Morgan fingerprint density at radius 2 is 1.76 bits per heavy atom. The van der Waals surface area contributed by atoms with Crippen LogP contribution < -0.4 is 0 Å². The molecule has 0 saturated heterocycles. The Morgan fingerprint density at radius 3 is 2.53 bits per heavy atom. The van der Waals surface area contributed by atoms with Gasteiger partial charge in [0.1, 0.15) is 5.82 Å². The molecule has 34 heavy (non-hydrogen) atoms. The number of benzene rings is 3. The number of hydrogen-bond acceptors (Lipinski definition) is 3. The summed E-state index contributed by atoms with van der Waals surface area (Å²) < 4.78 is 19.6. The van der Waals surface area contributed by atoms with Crippen molar-refractivity contribution in [3.63, 3.8) is 0 Å². The fourth-order valence-electron chi connectivity index (χ4n) is 5.24. The molecular weight excluding hydrogens is 423 g/mol. The van der Waals surface area contributed by atoms with Crippen molar-refractivity contribution in [1.82, 2.24) is 9.88 Å². The van der Waals surface area contributed by atoms with E-state index in [0.717, 1.165) is 18.4 Å². The first kappa shape index (κ1) is 22.7. The Bertz CT molecular complexity index is 1330. The molecule has 0 amide bonds. The summed E-state index contributed by atoms with van der Waals surface area (Å²) in [4.78, 5) is 6.80. The first-order valence-electron chi connectivity index (χ1n) is 11.9. The average molecular weight is 455 g/mol. The minimum absolute atomic E-state index is 0.0223. The van der Waals surface area contributed by atoms with E-state index in [1.165, 1.54) is 56.3 Å². The third kappa shape index (κ3) is 4.24. The minimum atomic E-state index is -0.191. The normalized spacial score (nSPS) is 16.2. The molecule has 1 aliphatic rings. The lowest BCUT2D eigenvalue weighted by molar-refractivity contribution is 0.00519. The number of pyridine rings is 1. The van der Waals surface area contributed by atoms with Crippen LogP contribution in [0.2, 0.25) is 0 Å². The highest BCUT2D eigenvalue weighted by atomic mass is 19.1.